The minimum absolute atomic E-state index is 0.0833. The minimum atomic E-state index is -4.39. The molecule has 0 aromatic carbocycles. The molecular formula is C29H56NO8P. The number of nitrogens with one attached hydrogen (secondary N) is 1. The summed E-state index contributed by atoms with van der Waals surface area (Å²) < 4.78 is 26.5. The lowest BCUT2D eigenvalue weighted by molar-refractivity contribution is -0.147. The lowest BCUT2D eigenvalue weighted by atomic mass is 10.1. The molecule has 0 aromatic heterocycles. The third-order valence-electron chi connectivity index (χ3n) is 6.18. The van der Waals surface area contributed by atoms with Gasteiger partial charge < -0.3 is 20.1 Å². The van der Waals surface area contributed by atoms with Crippen LogP contribution in [-0.2, 0) is 27.9 Å². The monoisotopic (exact) mass is 577 g/mol. The van der Waals surface area contributed by atoms with Gasteiger partial charge >= 0.3 is 13.8 Å². The number of amides is 1. The van der Waals surface area contributed by atoms with Crippen LogP contribution in [0, 0.1) is 0 Å². The highest BCUT2D eigenvalue weighted by molar-refractivity contribution is 7.47. The summed E-state index contributed by atoms with van der Waals surface area (Å²) in [6.07, 6.45) is 21.6. The third-order valence-corrected chi connectivity index (χ3v) is 7.16. The Balaban J connectivity index is 3.69. The summed E-state index contributed by atoms with van der Waals surface area (Å²) in [7, 11) is -4.39. The second kappa shape index (κ2) is 26.9. The van der Waals surface area contributed by atoms with Crippen molar-refractivity contribution in [1.29, 1.82) is 0 Å². The summed E-state index contributed by atoms with van der Waals surface area (Å²) in [5, 5.41) is 12.5. The smallest absolute Gasteiger partial charge is 0.463 e. The van der Waals surface area contributed by atoms with Gasteiger partial charge in [0.15, 0.2) is 0 Å². The van der Waals surface area contributed by atoms with Gasteiger partial charge in [-0.15, -0.1) is 0 Å². The van der Waals surface area contributed by atoms with Crippen LogP contribution >= 0.6 is 7.82 Å². The first-order valence-electron chi connectivity index (χ1n) is 15.2. The summed E-state index contributed by atoms with van der Waals surface area (Å²) in [5.74, 6) is -0.534. The van der Waals surface area contributed by atoms with E-state index in [9.17, 15) is 24.2 Å². The van der Waals surface area contributed by atoms with Crippen molar-refractivity contribution in [2.24, 2.45) is 0 Å². The van der Waals surface area contributed by atoms with Gasteiger partial charge in [-0.2, -0.15) is 0 Å². The molecule has 0 aliphatic carbocycles. The molecule has 0 bridgehead atoms. The lowest BCUT2D eigenvalue weighted by Gasteiger charge is -2.15. The number of allylic oxidation sites excluding steroid dienone is 2. The second-order valence-electron chi connectivity index (χ2n) is 10.1. The maximum absolute atomic E-state index is 11.9. The van der Waals surface area contributed by atoms with E-state index in [2.05, 4.69) is 31.3 Å². The van der Waals surface area contributed by atoms with E-state index in [4.69, 9.17) is 13.8 Å². The van der Waals surface area contributed by atoms with Gasteiger partial charge in [0.05, 0.1) is 13.2 Å². The van der Waals surface area contributed by atoms with E-state index in [1.807, 2.05) is 0 Å². The van der Waals surface area contributed by atoms with Crippen LogP contribution in [0.15, 0.2) is 12.2 Å². The van der Waals surface area contributed by atoms with E-state index >= 15 is 0 Å². The SMILES string of the molecule is CCC/C=C\CCCCCCCC(=O)OCC(O)COP(=O)(O)OCCNC(=O)CCCCCCCCCC. The zero-order chi connectivity index (χ0) is 29.0. The van der Waals surface area contributed by atoms with Crippen LogP contribution < -0.4 is 5.32 Å². The maximum Gasteiger partial charge on any atom is 0.472 e. The molecule has 0 saturated heterocycles. The Labute approximate surface area is 237 Å². The van der Waals surface area contributed by atoms with Crippen LogP contribution in [0.5, 0.6) is 0 Å². The maximum atomic E-state index is 11.9. The molecule has 0 spiro atoms. The fraction of sp³-hybridized carbons (Fsp3) is 0.862. The first kappa shape index (κ1) is 37.8. The second-order valence-corrected chi connectivity index (χ2v) is 11.5. The molecule has 9 nitrogen and oxygen atoms in total. The lowest BCUT2D eigenvalue weighted by Crippen LogP contribution is -2.27. The zero-order valence-corrected chi connectivity index (χ0v) is 25.5. The molecule has 0 fully saturated rings. The average Bonchev–Trinajstić information content (AvgIpc) is 2.91. The van der Waals surface area contributed by atoms with Crippen molar-refractivity contribution in [3.8, 4) is 0 Å². The topological polar surface area (TPSA) is 131 Å². The van der Waals surface area contributed by atoms with Gasteiger partial charge in [-0.25, -0.2) is 4.57 Å². The molecule has 3 N–H and O–H groups in total. The quantitative estimate of drug-likeness (QED) is 0.0402. The van der Waals surface area contributed by atoms with Crippen molar-refractivity contribution < 1.29 is 37.9 Å². The summed E-state index contributed by atoms with van der Waals surface area (Å²) >= 11 is 0. The standard InChI is InChI=1S/C29H56NO8P/c1-3-5-7-9-11-13-14-16-18-20-22-29(33)36-25-27(31)26-38-39(34,35)37-24-23-30-28(32)21-19-17-15-12-10-8-6-4-2/h7,9,27,31H,3-6,8,10-26H2,1-2H3,(H,30,32)(H,34,35)/b9-7-. The normalized spacial score (nSPS) is 13.8. The van der Waals surface area contributed by atoms with Crippen molar-refractivity contribution in [2.75, 3.05) is 26.4 Å². The Morgan fingerprint density at radius 1 is 0.769 bits per heavy atom. The van der Waals surface area contributed by atoms with E-state index in [0.29, 0.717) is 6.42 Å². The molecule has 0 heterocycles. The molecule has 230 valence electrons. The fourth-order valence-corrected chi connectivity index (χ4v) is 4.61. The Hall–Kier alpha value is -1.25. The third kappa shape index (κ3) is 28.1. The highest BCUT2D eigenvalue weighted by atomic mass is 31.2. The van der Waals surface area contributed by atoms with Crippen molar-refractivity contribution in [3.63, 3.8) is 0 Å². The number of carbonyl (C=O) groups is 2. The Bertz CT molecular complexity index is 674. The van der Waals surface area contributed by atoms with E-state index in [0.717, 1.165) is 64.2 Å². The molecule has 0 rings (SSSR count). The Kier molecular flexibility index (Phi) is 26.1. The number of hydrogen-bond donors (Lipinski definition) is 3. The minimum Gasteiger partial charge on any atom is -0.463 e. The van der Waals surface area contributed by atoms with Crippen molar-refractivity contribution in [2.45, 2.75) is 136 Å². The molecule has 0 aliphatic heterocycles. The van der Waals surface area contributed by atoms with Crippen LogP contribution in [0.25, 0.3) is 0 Å². The first-order valence-corrected chi connectivity index (χ1v) is 16.7. The van der Waals surface area contributed by atoms with Crippen LogP contribution in [0.1, 0.15) is 129 Å². The highest BCUT2D eigenvalue weighted by Gasteiger charge is 2.23. The molecule has 0 saturated carbocycles. The number of hydrogen-bond acceptors (Lipinski definition) is 7. The van der Waals surface area contributed by atoms with E-state index < -0.39 is 26.5 Å². The average molecular weight is 578 g/mol. The van der Waals surface area contributed by atoms with E-state index in [1.165, 1.54) is 38.5 Å². The summed E-state index contributed by atoms with van der Waals surface area (Å²) in [5.41, 5.74) is 0. The van der Waals surface area contributed by atoms with Crippen LogP contribution in [-0.4, -0.2) is 54.3 Å². The van der Waals surface area contributed by atoms with Crippen LogP contribution in [0.3, 0.4) is 0 Å². The van der Waals surface area contributed by atoms with Gasteiger partial charge in [0, 0.05) is 19.4 Å². The number of unbranched alkanes of at least 4 members (excludes halogenated alkanes) is 13. The predicted octanol–water partition coefficient (Wildman–Crippen LogP) is 6.76. The predicted molar refractivity (Wildman–Crippen MR) is 155 cm³/mol. The van der Waals surface area contributed by atoms with Gasteiger partial charge in [-0.3, -0.25) is 18.6 Å². The molecular weight excluding hydrogens is 521 g/mol. The molecule has 2 unspecified atom stereocenters. The number of ether oxygens (including phenoxy) is 1. The van der Waals surface area contributed by atoms with Gasteiger partial charge in [-0.05, 0) is 32.1 Å². The van der Waals surface area contributed by atoms with Gasteiger partial charge in [0.1, 0.15) is 12.7 Å². The van der Waals surface area contributed by atoms with E-state index in [-0.39, 0.29) is 32.1 Å². The fourth-order valence-electron chi connectivity index (χ4n) is 3.85. The van der Waals surface area contributed by atoms with Gasteiger partial charge in [0.25, 0.3) is 0 Å². The molecule has 1 amide bonds. The highest BCUT2D eigenvalue weighted by Crippen LogP contribution is 2.42. The molecule has 39 heavy (non-hydrogen) atoms. The van der Waals surface area contributed by atoms with Crippen LogP contribution in [0.4, 0.5) is 0 Å². The summed E-state index contributed by atoms with van der Waals surface area (Å²) in [6, 6.07) is 0. The number of rotatable bonds is 28. The number of phosphoric acid groups is 1. The van der Waals surface area contributed by atoms with Crippen molar-refractivity contribution in [3.05, 3.63) is 12.2 Å². The summed E-state index contributed by atoms with van der Waals surface area (Å²) in [4.78, 5) is 33.4. The van der Waals surface area contributed by atoms with Crippen molar-refractivity contribution in [1.82, 2.24) is 5.32 Å². The van der Waals surface area contributed by atoms with Crippen LogP contribution in [0.2, 0.25) is 0 Å². The number of esters is 1. The molecule has 0 aromatic rings. The number of carbonyl (C=O) groups excluding carboxylic acids is 2. The number of phosphoric ester groups is 1. The molecule has 10 heteroatoms. The first-order chi connectivity index (χ1) is 18.8. The number of aliphatic hydroxyl groups is 1. The molecule has 0 radical (unpaired) electrons. The number of aliphatic hydroxyl groups excluding tert-OH is 1. The largest absolute Gasteiger partial charge is 0.472 e. The Morgan fingerprint density at radius 3 is 2.03 bits per heavy atom. The zero-order valence-electron chi connectivity index (χ0n) is 24.6. The summed E-state index contributed by atoms with van der Waals surface area (Å²) in [6.45, 7) is 3.41. The van der Waals surface area contributed by atoms with Gasteiger partial charge in [-0.1, -0.05) is 96.6 Å². The van der Waals surface area contributed by atoms with Gasteiger partial charge in [0.2, 0.25) is 5.91 Å². The molecule has 0 aliphatic rings. The van der Waals surface area contributed by atoms with E-state index in [1.54, 1.807) is 0 Å². The molecule has 2 atom stereocenters. The Morgan fingerprint density at radius 2 is 1.36 bits per heavy atom. The van der Waals surface area contributed by atoms with Crippen molar-refractivity contribution >= 4 is 19.7 Å².